The Balaban J connectivity index is 1.33. The van der Waals surface area contributed by atoms with Crippen LogP contribution in [0.4, 0.5) is 0 Å². The molecule has 0 saturated carbocycles. The van der Waals surface area contributed by atoms with Crippen LogP contribution in [0.5, 0.6) is 0 Å². The van der Waals surface area contributed by atoms with Crippen LogP contribution in [0.1, 0.15) is 53.9 Å². The number of aliphatic imine (C=N–C) groups is 1. The summed E-state index contributed by atoms with van der Waals surface area (Å²) in [5, 5.41) is 3.28. The van der Waals surface area contributed by atoms with E-state index < -0.39 is 17.6 Å². The molecule has 2 saturated heterocycles. The number of guanidine groups is 1. The summed E-state index contributed by atoms with van der Waals surface area (Å²) < 4.78 is 0.895. The van der Waals surface area contributed by atoms with Gasteiger partial charge in [0.2, 0.25) is 17.6 Å². The number of amides is 2. The van der Waals surface area contributed by atoms with E-state index in [-0.39, 0.29) is 29.6 Å². The molecule has 0 bridgehead atoms. The fourth-order valence-corrected chi connectivity index (χ4v) is 6.77. The molecule has 2 aliphatic rings. The Bertz CT molecular complexity index is 1390. The van der Waals surface area contributed by atoms with Gasteiger partial charge < -0.3 is 27.4 Å². The summed E-state index contributed by atoms with van der Waals surface area (Å²) in [7, 11) is 0. The lowest BCUT2D eigenvalue weighted by atomic mass is 9.81. The maximum Gasteiger partial charge on any atom is 0.243 e. The van der Waals surface area contributed by atoms with Crippen molar-refractivity contribution >= 4 is 45.1 Å². The highest BCUT2D eigenvalue weighted by Gasteiger charge is 2.51. The number of fused-ring (bicyclic) bond motifs is 2. The largest absolute Gasteiger partial charge is 0.370 e. The number of carbonyl (C=O) groups excluding carboxylic acids is 3. The number of nitrogens with two attached hydrogens (primary N) is 3. The Morgan fingerprint density at radius 3 is 2.60 bits per heavy atom. The summed E-state index contributed by atoms with van der Waals surface area (Å²) in [5.41, 5.74) is 18.2. The van der Waals surface area contributed by atoms with Gasteiger partial charge in [0.15, 0.2) is 11.0 Å². The molecule has 0 aliphatic carbocycles. The van der Waals surface area contributed by atoms with Crippen molar-refractivity contribution in [2.45, 2.75) is 68.6 Å². The van der Waals surface area contributed by atoms with Gasteiger partial charge in [-0.25, -0.2) is 4.98 Å². The number of piperidine rings is 1. The molecule has 3 heterocycles. The maximum atomic E-state index is 13.8. The number of thiazole rings is 1. The molecule has 0 radical (unpaired) electrons. The molecule has 4 atom stereocenters. The summed E-state index contributed by atoms with van der Waals surface area (Å²) >= 11 is 1.30. The third kappa shape index (κ3) is 5.85. The van der Waals surface area contributed by atoms with E-state index in [4.69, 9.17) is 17.2 Å². The lowest BCUT2D eigenvalue weighted by Gasteiger charge is -2.43. The summed E-state index contributed by atoms with van der Waals surface area (Å²) in [4.78, 5) is 51.2. The second-order valence-electron chi connectivity index (χ2n) is 10.7. The van der Waals surface area contributed by atoms with Crippen LogP contribution in [0.15, 0.2) is 59.6 Å². The van der Waals surface area contributed by atoms with E-state index >= 15 is 0 Å². The number of aromatic nitrogens is 1. The molecule has 1 unspecified atom stereocenters. The Kier molecular flexibility index (Phi) is 8.13. The first-order chi connectivity index (χ1) is 19.2. The third-order valence-corrected chi connectivity index (χ3v) is 8.89. The van der Waals surface area contributed by atoms with E-state index in [9.17, 15) is 14.4 Å². The van der Waals surface area contributed by atoms with Gasteiger partial charge in [-0.2, -0.15) is 0 Å². The van der Waals surface area contributed by atoms with E-state index in [1.54, 1.807) is 4.90 Å². The molecule has 7 N–H and O–H groups in total. The van der Waals surface area contributed by atoms with Crippen molar-refractivity contribution in [1.82, 2.24) is 15.2 Å². The van der Waals surface area contributed by atoms with Crippen molar-refractivity contribution in [3.63, 3.8) is 0 Å². The molecular weight excluding hydrogens is 526 g/mol. The third-order valence-electron chi connectivity index (χ3n) is 7.83. The van der Waals surface area contributed by atoms with Gasteiger partial charge in [-0.3, -0.25) is 19.4 Å². The molecule has 3 aromatic rings. The first-order valence-electron chi connectivity index (χ1n) is 13.7. The van der Waals surface area contributed by atoms with Gasteiger partial charge in [-0.05, 0) is 62.6 Å². The highest BCUT2D eigenvalue weighted by atomic mass is 32.1. The van der Waals surface area contributed by atoms with E-state index in [1.807, 2.05) is 54.6 Å². The molecule has 2 fully saturated rings. The van der Waals surface area contributed by atoms with Gasteiger partial charge in [0, 0.05) is 12.6 Å². The minimum atomic E-state index is -1.07. The maximum absolute atomic E-state index is 13.8. The number of nitrogens with one attached hydrogen (secondary N) is 1. The molecule has 5 rings (SSSR count). The molecule has 210 valence electrons. The predicted molar refractivity (Wildman–Crippen MR) is 156 cm³/mol. The van der Waals surface area contributed by atoms with Crippen molar-refractivity contribution in [2.75, 3.05) is 6.54 Å². The van der Waals surface area contributed by atoms with Crippen LogP contribution in [0, 0.1) is 0 Å². The van der Waals surface area contributed by atoms with Crippen LogP contribution >= 0.6 is 11.3 Å². The fraction of sp³-hybridized carbons (Fsp3) is 0.414. The molecule has 2 amide bonds. The van der Waals surface area contributed by atoms with Gasteiger partial charge in [0.1, 0.15) is 6.04 Å². The molecule has 10 nitrogen and oxygen atoms in total. The molecule has 2 aromatic carbocycles. The van der Waals surface area contributed by atoms with Crippen LogP contribution in [-0.2, 0) is 16.0 Å². The Labute approximate surface area is 237 Å². The lowest BCUT2D eigenvalue weighted by molar-refractivity contribution is -0.148. The number of benzene rings is 2. The van der Waals surface area contributed by atoms with E-state index in [2.05, 4.69) is 15.3 Å². The number of hydrogen-bond donors (Lipinski definition) is 4. The van der Waals surface area contributed by atoms with Crippen molar-refractivity contribution < 1.29 is 14.4 Å². The van der Waals surface area contributed by atoms with E-state index in [0.717, 1.165) is 28.6 Å². The molecular formula is C29H35N7O3S. The summed E-state index contributed by atoms with van der Waals surface area (Å²) in [5.74, 6) is -0.844. The summed E-state index contributed by atoms with van der Waals surface area (Å²) in [6, 6.07) is 15.7. The molecule has 2 aliphatic heterocycles. The van der Waals surface area contributed by atoms with Crippen LogP contribution in [0.25, 0.3) is 10.2 Å². The number of nitrogens with zero attached hydrogens (tertiary/aromatic N) is 3. The molecule has 11 heteroatoms. The number of rotatable bonds is 10. The van der Waals surface area contributed by atoms with Crippen LogP contribution in [0.3, 0.4) is 0 Å². The average molecular weight is 562 g/mol. The Morgan fingerprint density at radius 2 is 1.85 bits per heavy atom. The highest BCUT2D eigenvalue weighted by molar-refractivity contribution is 7.20. The number of hydrogen-bond acceptors (Lipinski definition) is 7. The number of para-hydroxylation sites is 1. The number of Topliss-reactive ketones (excluding diaryl/α,β-unsaturated/α-hetero) is 1. The van der Waals surface area contributed by atoms with E-state index in [0.29, 0.717) is 43.7 Å². The van der Waals surface area contributed by atoms with Crippen molar-refractivity contribution in [2.24, 2.45) is 22.2 Å². The first-order valence-corrected chi connectivity index (χ1v) is 14.5. The first kappa shape index (κ1) is 27.7. The van der Waals surface area contributed by atoms with Gasteiger partial charge in [-0.15, -0.1) is 11.3 Å². The summed E-state index contributed by atoms with van der Waals surface area (Å²) in [6.07, 6.45) is 3.79. The van der Waals surface area contributed by atoms with Crippen LogP contribution in [0.2, 0.25) is 0 Å². The fourth-order valence-electron chi connectivity index (χ4n) is 5.81. The lowest BCUT2D eigenvalue weighted by Crippen LogP contribution is -2.65. The molecule has 0 spiro atoms. The van der Waals surface area contributed by atoms with Gasteiger partial charge in [0.05, 0.1) is 21.8 Å². The van der Waals surface area contributed by atoms with Crippen molar-refractivity contribution in [1.29, 1.82) is 0 Å². The zero-order valence-electron chi connectivity index (χ0n) is 22.3. The van der Waals surface area contributed by atoms with Gasteiger partial charge in [0.25, 0.3) is 0 Å². The van der Waals surface area contributed by atoms with E-state index in [1.165, 1.54) is 11.3 Å². The minimum absolute atomic E-state index is 0.0283. The second-order valence-corrected chi connectivity index (χ2v) is 11.7. The van der Waals surface area contributed by atoms with Gasteiger partial charge >= 0.3 is 0 Å². The topological polar surface area (TPSA) is 170 Å². The minimum Gasteiger partial charge on any atom is -0.370 e. The smallest absolute Gasteiger partial charge is 0.243 e. The SMILES string of the molecule is NC(N)=NCCCC(NC(=O)[C@@H]1CC[C@@H]2CC[C@@](N)(Cc3ccccc3)C(=O)N21)C(=O)c1nc2ccccc2s1. The van der Waals surface area contributed by atoms with Crippen LogP contribution < -0.4 is 22.5 Å². The second kappa shape index (κ2) is 11.7. The molecule has 40 heavy (non-hydrogen) atoms. The molecule has 1 aromatic heterocycles. The highest BCUT2D eigenvalue weighted by Crippen LogP contribution is 2.37. The Hall–Kier alpha value is -3.83. The van der Waals surface area contributed by atoms with Crippen molar-refractivity contribution in [3.8, 4) is 0 Å². The zero-order chi connectivity index (χ0) is 28.3. The normalized spacial score (nSPS) is 23.0. The quantitative estimate of drug-likeness (QED) is 0.127. The van der Waals surface area contributed by atoms with Gasteiger partial charge in [-0.1, -0.05) is 42.5 Å². The number of ketones is 1. The summed E-state index contributed by atoms with van der Waals surface area (Å²) in [6.45, 7) is 0.327. The van der Waals surface area contributed by atoms with Crippen molar-refractivity contribution in [3.05, 3.63) is 65.2 Å². The number of carbonyl (C=O) groups is 3. The van der Waals surface area contributed by atoms with Crippen LogP contribution in [-0.4, -0.2) is 63.7 Å². The average Bonchev–Trinajstić information content (AvgIpc) is 3.57. The monoisotopic (exact) mass is 561 g/mol. The predicted octanol–water partition coefficient (Wildman–Crippen LogP) is 2.11. The zero-order valence-corrected chi connectivity index (χ0v) is 23.1. The standard InChI is InChI=1S/C29H35N7O3S/c30-28(31)33-16-6-10-21(24(37)26-35-20-9-4-5-11-23(20)40-26)34-25(38)22-13-12-19-14-15-29(32,27(39)36(19)22)17-18-7-2-1-3-8-18/h1-5,7-9,11,19,21-22H,6,10,12-17,32H2,(H,34,38)(H4,30,31,33)/t19-,21?,22+,29-/m1/s1. The Morgan fingerprint density at radius 1 is 1.10 bits per heavy atom.